The Morgan fingerprint density at radius 1 is 0.930 bits per heavy atom. The first-order valence-corrected chi connectivity index (χ1v) is 13.2. The standard InChI is InChI=1S/C30H27F9N2O2/c1-41(22-9-5-6-10-22)27(42)40-28(17-18-7-3-2-4-8-18,19-11-12-25(32)24(15-19)29(35,36)37)20-13-21(31)16-23(14-20)43-30(38,39)26(33)34/h2-4,7-8,11-16,22,26H,5-6,9-10,17H2,1H3,(H,40,42)/t28-/m1/s1. The molecule has 0 radical (unpaired) electrons. The molecule has 43 heavy (non-hydrogen) atoms. The quantitative estimate of drug-likeness (QED) is 0.245. The van der Waals surface area contributed by atoms with Gasteiger partial charge in [0.1, 0.15) is 17.4 Å². The van der Waals surface area contributed by atoms with Gasteiger partial charge >= 0.3 is 24.7 Å². The Bertz CT molecular complexity index is 1430. The molecular weight excluding hydrogens is 591 g/mol. The van der Waals surface area contributed by atoms with Crippen molar-refractivity contribution in [2.45, 2.75) is 62.4 Å². The van der Waals surface area contributed by atoms with Gasteiger partial charge in [-0.05, 0) is 53.8 Å². The van der Waals surface area contributed by atoms with Crippen molar-refractivity contribution >= 4 is 6.03 Å². The number of nitrogens with one attached hydrogen (secondary N) is 1. The third-order valence-corrected chi connectivity index (χ3v) is 7.46. The highest BCUT2D eigenvalue weighted by Gasteiger charge is 2.45. The van der Waals surface area contributed by atoms with Gasteiger partial charge in [0, 0.05) is 25.6 Å². The SMILES string of the molecule is CN(C(=O)N[C@@](Cc1ccccc1)(c1cc(F)cc(OC(F)(F)C(F)F)c1)c1ccc(F)c(C(F)(F)F)c1)C1CCCC1. The molecule has 1 aliphatic carbocycles. The maximum Gasteiger partial charge on any atom is 0.461 e. The van der Waals surface area contributed by atoms with E-state index in [9.17, 15) is 44.3 Å². The summed E-state index contributed by atoms with van der Waals surface area (Å²) in [6.45, 7) is 0. The third kappa shape index (κ3) is 7.19. The van der Waals surface area contributed by atoms with Gasteiger partial charge in [0.05, 0.1) is 11.1 Å². The fraction of sp³-hybridized carbons (Fsp3) is 0.367. The van der Waals surface area contributed by atoms with E-state index in [0.29, 0.717) is 36.6 Å². The van der Waals surface area contributed by atoms with Crippen LogP contribution in [0.25, 0.3) is 0 Å². The highest BCUT2D eigenvalue weighted by atomic mass is 19.4. The smallest absolute Gasteiger partial charge is 0.428 e. The van der Waals surface area contributed by atoms with Crippen LogP contribution in [0.1, 0.15) is 47.9 Å². The minimum atomic E-state index is -5.18. The minimum absolute atomic E-state index is 0.232. The second-order valence-corrected chi connectivity index (χ2v) is 10.4. The van der Waals surface area contributed by atoms with Gasteiger partial charge in [0.2, 0.25) is 0 Å². The van der Waals surface area contributed by atoms with Gasteiger partial charge in [0.25, 0.3) is 0 Å². The second-order valence-electron chi connectivity index (χ2n) is 10.4. The van der Waals surface area contributed by atoms with Gasteiger partial charge in [-0.15, -0.1) is 0 Å². The van der Waals surface area contributed by atoms with E-state index in [-0.39, 0.29) is 18.0 Å². The number of ether oxygens (including phenoxy) is 1. The van der Waals surface area contributed by atoms with Crippen LogP contribution in [0.4, 0.5) is 44.3 Å². The molecule has 1 aliphatic rings. The maximum atomic E-state index is 15.0. The Morgan fingerprint density at radius 2 is 1.58 bits per heavy atom. The predicted molar refractivity (Wildman–Crippen MR) is 139 cm³/mol. The number of carbonyl (C=O) groups excluding carboxylic acids is 1. The molecule has 3 aromatic rings. The molecule has 0 spiro atoms. The van der Waals surface area contributed by atoms with Crippen molar-refractivity contribution in [3.05, 3.63) is 101 Å². The lowest BCUT2D eigenvalue weighted by Gasteiger charge is -2.39. The lowest BCUT2D eigenvalue weighted by molar-refractivity contribution is -0.253. The van der Waals surface area contributed by atoms with E-state index >= 15 is 0 Å². The number of rotatable bonds is 9. The molecule has 0 heterocycles. The van der Waals surface area contributed by atoms with Crippen LogP contribution in [-0.4, -0.2) is 36.6 Å². The van der Waals surface area contributed by atoms with Crippen LogP contribution in [-0.2, 0) is 18.1 Å². The summed E-state index contributed by atoms with van der Waals surface area (Å²) in [5, 5.41) is 2.67. The average molecular weight is 619 g/mol. The Labute approximate surface area is 241 Å². The fourth-order valence-corrected chi connectivity index (χ4v) is 5.27. The first kappa shape index (κ1) is 32.0. The van der Waals surface area contributed by atoms with Crippen LogP contribution in [0.3, 0.4) is 0 Å². The normalized spacial score (nSPS) is 15.8. The van der Waals surface area contributed by atoms with E-state index < -0.39 is 58.8 Å². The van der Waals surface area contributed by atoms with Crippen molar-refractivity contribution in [2.75, 3.05) is 7.05 Å². The average Bonchev–Trinajstić information content (AvgIpc) is 3.47. The number of nitrogens with zero attached hydrogens (tertiary/aromatic N) is 1. The van der Waals surface area contributed by atoms with Crippen molar-refractivity contribution in [3.8, 4) is 5.75 Å². The van der Waals surface area contributed by atoms with E-state index in [4.69, 9.17) is 0 Å². The Kier molecular flexibility index (Phi) is 9.22. The van der Waals surface area contributed by atoms with Gasteiger partial charge in [-0.25, -0.2) is 13.6 Å². The molecule has 0 aromatic heterocycles. The lowest BCUT2D eigenvalue weighted by Crippen LogP contribution is -2.54. The summed E-state index contributed by atoms with van der Waals surface area (Å²) in [5.41, 5.74) is -4.26. The van der Waals surface area contributed by atoms with Crippen molar-refractivity contribution in [1.29, 1.82) is 0 Å². The molecule has 0 aliphatic heterocycles. The molecule has 2 amide bonds. The largest absolute Gasteiger partial charge is 0.461 e. The van der Waals surface area contributed by atoms with Gasteiger partial charge in [-0.1, -0.05) is 49.2 Å². The Hall–Kier alpha value is -3.90. The second kappa shape index (κ2) is 12.4. The van der Waals surface area contributed by atoms with Crippen molar-refractivity contribution in [1.82, 2.24) is 10.2 Å². The maximum absolute atomic E-state index is 15.0. The summed E-state index contributed by atoms with van der Waals surface area (Å²) >= 11 is 0. The molecule has 0 unspecified atom stereocenters. The van der Waals surface area contributed by atoms with Crippen LogP contribution < -0.4 is 10.1 Å². The number of hydrogen-bond acceptors (Lipinski definition) is 2. The van der Waals surface area contributed by atoms with Crippen molar-refractivity contribution in [2.24, 2.45) is 0 Å². The number of hydrogen-bond donors (Lipinski definition) is 1. The number of carbonyl (C=O) groups is 1. The number of urea groups is 1. The topological polar surface area (TPSA) is 41.6 Å². The number of amides is 2. The third-order valence-electron chi connectivity index (χ3n) is 7.46. The van der Waals surface area contributed by atoms with Crippen LogP contribution in [0.5, 0.6) is 5.75 Å². The van der Waals surface area contributed by atoms with Gasteiger partial charge in [-0.2, -0.15) is 30.7 Å². The summed E-state index contributed by atoms with van der Waals surface area (Å²) in [4.78, 5) is 15.0. The molecule has 0 bridgehead atoms. The first-order valence-electron chi connectivity index (χ1n) is 13.2. The summed E-state index contributed by atoms with van der Waals surface area (Å²) < 4.78 is 129. The molecule has 232 valence electrons. The zero-order valence-corrected chi connectivity index (χ0v) is 22.7. The van der Waals surface area contributed by atoms with E-state index in [2.05, 4.69) is 10.1 Å². The monoisotopic (exact) mass is 618 g/mol. The van der Waals surface area contributed by atoms with Crippen LogP contribution >= 0.6 is 0 Å². The number of benzene rings is 3. The molecule has 13 heteroatoms. The molecule has 4 rings (SSSR count). The molecule has 0 saturated heterocycles. The predicted octanol–water partition coefficient (Wildman–Crippen LogP) is 8.29. The van der Waals surface area contributed by atoms with Crippen molar-refractivity contribution in [3.63, 3.8) is 0 Å². The Balaban J connectivity index is 1.98. The molecule has 1 fully saturated rings. The number of halogens is 9. The molecule has 1 saturated carbocycles. The highest BCUT2D eigenvalue weighted by molar-refractivity contribution is 5.76. The number of alkyl halides is 7. The van der Waals surface area contributed by atoms with Crippen LogP contribution in [0.15, 0.2) is 66.7 Å². The molecular formula is C30H27F9N2O2. The molecule has 3 aromatic carbocycles. The van der Waals surface area contributed by atoms with E-state index in [1.54, 1.807) is 30.3 Å². The highest BCUT2D eigenvalue weighted by Crippen LogP contribution is 2.41. The minimum Gasteiger partial charge on any atom is -0.428 e. The van der Waals surface area contributed by atoms with Gasteiger partial charge in [0.15, 0.2) is 0 Å². The van der Waals surface area contributed by atoms with Crippen molar-refractivity contribution < 1.29 is 49.0 Å². The van der Waals surface area contributed by atoms with E-state index in [1.165, 1.54) is 11.9 Å². The summed E-state index contributed by atoms with van der Waals surface area (Å²) in [5.74, 6) is -3.97. The molecule has 4 nitrogen and oxygen atoms in total. The van der Waals surface area contributed by atoms with Crippen LogP contribution in [0, 0.1) is 11.6 Å². The first-order chi connectivity index (χ1) is 20.1. The Morgan fingerprint density at radius 3 is 2.19 bits per heavy atom. The van der Waals surface area contributed by atoms with Crippen LogP contribution in [0.2, 0.25) is 0 Å². The zero-order valence-electron chi connectivity index (χ0n) is 22.7. The fourth-order valence-electron chi connectivity index (χ4n) is 5.27. The van der Waals surface area contributed by atoms with Gasteiger partial charge in [-0.3, -0.25) is 0 Å². The summed E-state index contributed by atoms with van der Waals surface area (Å²) in [6, 6.07) is 10.7. The van der Waals surface area contributed by atoms with E-state index in [1.807, 2.05) is 0 Å². The summed E-state index contributed by atoms with van der Waals surface area (Å²) in [6.07, 6.45) is -12.0. The molecule has 1 atom stereocenters. The zero-order chi connectivity index (χ0) is 31.6. The van der Waals surface area contributed by atoms with E-state index in [0.717, 1.165) is 31.0 Å². The molecule has 1 N–H and O–H groups in total. The van der Waals surface area contributed by atoms with Gasteiger partial charge < -0.3 is 15.0 Å². The summed E-state index contributed by atoms with van der Waals surface area (Å²) in [7, 11) is 1.47. The lowest BCUT2D eigenvalue weighted by atomic mass is 9.77.